The summed E-state index contributed by atoms with van der Waals surface area (Å²) >= 11 is 0. The van der Waals surface area contributed by atoms with E-state index < -0.39 is 36.7 Å². The number of carbonyl (C=O) groups is 1. The topological polar surface area (TPSA) is 116 Å². The highest BCUT2D eigenvalue weighted by Crippen LogP contribution is 2.20. The van der Waals surface area contributed by atoms with Crippen LogP contribution in [-0.4, -0.2) is 63.7 Å². The second-order valence-corrected chi connectivity index (χ2v) is 4.91. The predicted molar refractivity (Wildman–Crippen MR) is 75.3 cm³/mol. The molecule has 7 heteroatoms. The van der Waals surface area contributed by atoms with Crippen LogP contribution in [0.3, 0.4) is 0 Å². The number of aliphatic hydroxyl groups excluding tert-OH is 4. The fraction of sp³-hybridized carbons (Fsp3) is 0.400. The van der Waals surface area contributed by atoms with Crippen molar-refractivity contribution in [3.63, 3.8) is 0 Å². The molecule has 1 aliphatic rings. The Labute approximate surface area is 127 Å². The third kappa shape index (κ3) is 4.12. The number of hydrogen-bond acceptors (Lipinski definition) is 7. The number of rotatable bonds is 4. The summed E-state index contributed by atoms with van der Waals surface area (Å²) in [5, 5.41) is 37.9. The Morgan fingerprint density at radius 3 is 2.45 bits per heavy atom. The average Bonchev–Trinajstić information content (AvgIpc) is 2.54. The van der Waals surface area contributed by atoms with Crippen LogP contribution in [0.1, 0.15) is 5.56 Å². The summed E-state index contributed by atoms with van der Waals surface area (Å²) in [6, 6.07) is 9.12. The van der Waals surface area contributed by atoms with E-state index in [9.17, 15) is 25.2 Å². The Bertz CT molecular complexity index is 516. The fourth-order valence-electron chi connectivity index (χ4n) is 2.01. The molecule has 0 aromatic heterocycles. The smallest absolute Gasteiger partial charge is 0.330 e. The molecular formula is C15H18O7. The number of hydrogen-bond donors (Lipinski definition) is 4. The van der Waals surface area contributed by atoms with Gasteiger partial charge in [0.1, 0.15) is 31.0 Å². The van der Waals surface area contributed by atoms with Gasteiger partial charge in [-0.3, -0.25) is 0 Å². The lowest BCUT2D eigenvalue weighted by atomic mass is 9.99. The first-order valence-corrected chi connectivity index (χ1v) is 6.76. The number of esters is 1. The second-order valence-electron chi connectivity index (χ2n) is 4.91. The molecule has 2 rings (SSSR count). The van der Waals surface area contributed by atoms with Crippen molar-refractivity contribution in [2.24, 2.45) is 0 Å². The zero-order valence-electron chi connectivity index (χ0n) is 11.6. The van der Waals surface area contributed by atoms with Gasteiger partial charge in [-0.2, -0.15) is 0 Å². The lowest BCUT2D eigenvalue weighted by Gasteiger charge is -2.37. The Balaban J connectivity index is 1.84. The summed E-state index contributed by atoms with van der Waals surface area (Å²) in [7, 11) is 0. The van der Waals surface area contributed by atoms with E-state index in [0.29, 0.717) is 0 Å². The van der Waals surface area contributed by atoms with Gasteiger partial charge in [-0.25, -0.2) is 4.79 Å². The molecule has 4 N–H and O–H groups in total. The molecular weight excluding hydrogens is 292 g/mol. The third-order valence-electron chi connectivity index (χ3n) is 3.29. The van der Waals surface area contributed by atoms with E-state index in [1.807, 2.05) is 30.3 Å². The van der Waals surface area contributed by atoms with Crippen LogP contribution in [0.15, 0.2) is 36.4 Å². The highest BCUT2D eigenvalue weighted by Gasteiger charge is 2.43. The molecule has 0 aliphatic carbocycles. The zero-order valence-corrected chi connectivity index (χ0v) is 11.6. The summed E-state index contributed by atoms with van der Waals surface area (Å²) in [4.78, 5) is 11.6. The number of ether oxygens (including phenoxy) is 2. The Hall–Kier alpha value is -1.77. The molecule has 5 atom stereocenters. The van der Waals surface area contributed by atoms with Gasteiger partial charge in [-0.15, -0.1) is 0 Å². The van der Waals surface area contributed by atoms with Crippen LogP contribution in [0.2, 0.25) is 0 Å². The largest absolute Gasteiger partial charge is 0.460 e. The molecule has 0 spiro atoms. The zero-order chi connectivity index (χ0) is 16.1. The van der Waals surface area contributed by atoms with E-state index in [2.05, 4.69) is 0 Å². The van der Waals surface area contributed by atoms with Crippen LogP contribution in [0.25, 0.3) is 6.08 Å². The first-order valence-electron chi connectivity index (χ1n) is 6.76. The molecule has 0 radical (unpaired) electrons. The lowest BCUT2D eigenvalue weighted by molar-refractivity contribution is -0.287. The van der Waals surface area contributed by atoms with Gasteiger partial charge in [-0.1, -0.05) is 30.3 Å². The van der Waals surface area contributed by atoms with Crippen molar-refractivity contribution in [3.05, 3.63) is 42.0 Å². The van der Waals surface area contributed by atoms with Gasteiger partial charge >= 0.3 is 5.97 Å². The Kier molecular flexibility index (Phi) is 5.64. The average molecular weight is 310 g/mol. The van der Waals surface area contributed by atoms with E-state index in [1.165, 1.54) is 6.08 Å². The molecule has 0 unspecified atom stereocenters. The highest BCUT2D eigenvalue weighted by molar-refractivity contribution is 5.87. The quantitative estimate of drug-likeness (QED) is 0.418. The van der Waals surface area contributed by atoms with E-state index in [-0.39, 0.29) is 6.61 Å². The van der Waals surface area contributed by atoms with E-state index in [1.54, 1.807) is 6.08 Å². The van der Waals surface area contributed by atoms with Crippen LogP contribution in [-0.2, 0) is 14.3 Å². The van der Waals surface area contributed by atoms with Crippen LogP contribution in [0.4, 0.5) is 0 Å². The maximum Gasteiger partial charge on any atom is 0.330 e. The Morgan fingerprint density at radius 1 is 1.09 bits per heavy atom. The monoisotopic (exact) mass is 310 g/mol. The molecule has 1 fully saturated rings. The maximum atomic E-state index is 11.6. The molecule has 120 valence electrons. The summed E-state index contributed by atoms with van der Waals surface area (Å²) in [5.41, 5.74) is 0.822. The molecule has 1 aromatic carbocycles. The van der Waals surface area contributed by atoms with Gasteiger partial charge in [0.15, 0.2) is 6.29 Å². The summed E-state index contributed by atoms with van der Waals surface area (Å²) in [6.45, 7) is -0.361. The van der Waals surface area contributed by atoms with Crippen LogP contribution >= 0.6 is 0 Å². The SMILES string of the molecule is O=C(/C=C/c1ccccc1)OC[C@H]1O[C@H](O)[C@H](O)[C@@H](O)[C@@H]1O. The number of aliphatic hydroxyl groups is 4. The van der Waals surface area contributed by atoms with Gasteiger partial charge in [0.05, 0.1) is 0 Å². The van der Waals surface area contributed by atoms with E-state index in [4.69, 9.17) is 9.47 Å². The minimum absolute atomic E-state index is 0.361. The molecule has 0 amide bonds. The van der Waals surface area contributed by atoms with E-state index in [0.717, 1.165) is 5.56 Å². The van der Waals surface area contributed by atoms with Crippen molar-refractivity contribution in [1.29, 1.82) is 0 Å². The minimum atomic E-state index is -1.65. The molecule has 22 heavy (non-hydrogen) atoms. The summed E-state index contributed by atoms with van der Waals surface area (Å²) in [6.07, 6.45) is -4.65. The molecule has 1 aromatic rings. The minimum Gasteiger partial charge on any atom is -0.460 e. The molecule has 7 nitrogen and oxygen atoms in total. The van der Waals surface area contributed by atoms with Gasteiger partial charge in [0.25, 0.3) is 0 Å². The highest BCUT2D eigenvalue weighted by atomic mass is 16.6. The first kappa shape index (κ1) is 16.6. The first-order chi connectivity index (χ1) is 10.5. The fourth-order valence-corrected chi connectivity index (χ4v) is 2.01. The van der Waals surface area contributed by atoms with Gasteiger partial charge in [0.2, 0.25) is 0 Å². The van der Waals surface area contributed by atoms with Crippen LogP contribution in [0, 0.1) is 0 Å². The van der Waals surface area contributed by atoms with Crippen LogP contribution in [0.5, 0.6) is 0 Å². The molecule has 0 bridgehead atoms. The van der Waals surface area contributed by atoms with Crippen molar-refractivity contribution in [3.8, 4) is 0 Å². The van der Waals surface area contributed by atoms with Crippen molar-refractivity contribution in [1.82, 2.24) is 0 Å². The van der Waals surface area contributed by atoms with Crippen molar-refractivity contribution < 1.29 is 34.7 Å². The summed E-state index contributed by atoms with van der Waals surface area (Å²) in [5.74, 6) is -0.658. The molecule has 1 heterocycles. The van der Waals surface area contributed by atoms with Gasteiger partial charge in [-0.05, 0) is 11.6 Å². The van der Waals surface area contributed by atoms with Crippen LogP contribution < -0.4 is 0 Å². The van der Waals surface area contributed by atoms with Crippen molar-refractivity contribution in [2.45, 2.75) is 30.7 Å². The molecule has 1 saturated heterocycles. The Morgan fingerprint density at radius 2 is 1.77 bits per heavy atom. The maximum absolute atomic E-state index is 11.6. The van der Waals surface area contributed by atoms with Gasteiger partial charge in [0, 0.05) is 6.08 Å². The number of carbonyl (C=O) groups excluding carboxylic acids is 1. The van der Waals surface area contributed by atoms with Crippen molar-refractivity contribution in [2.75, 3.05) is 6.61 Å². The van der Waals surface area contributed by atoms with Gasteiger partial charge < -0.3 is 29.9 Å². The molecule has 0 saturated carbocycles. The van der Waals surface area contributed by atoms with E-state index >= 15 is 0 Å². The van der Waals surface area contributed by atoms with Crippen molar-refractivity contribution >= 4 is 12.0 Å². The standard InChI is InChI=1S/C15H18O7/c16-11(7-6-9-4-2-1-3-5-9)21-8-10-12(17)13(18)14(19)15(20)22-10/h1-7,10,12-15,17-20H,8H2/b7-6+/t10-,12-,13+,14-,15+/m1/s1. The lowest BCUT2D eigenvalue weighted by Crippen LogP contribution is -2.58. The normalized spacial score (nSPS) is 32.1. The predicted octanol–water partition coefficient (Wildman–Crippen LogP) is -0.957. The second kappa shape index (κ2) is 7.48. The summed E-state index contributed by atoms with van der Waals surface area (Å²) < 4.78 is 9.78. The number of benzene rings is 1. The molecule has 1 aliphatic heterocycles. The third-order valence-corrected chi connectivity index (χ3v) is 3.29.